The Bertz CT molecular complexity index is 1390. The van der Waals surface area contributed by atoms with Crippen LogP contribution in [0.1, 0.15) is 50.2 Å². The van der Waals surface area contributed by atoms with Crippen LogP contribution in [-0.4, -0.2) is 43.8 Å². The van der Waals surface area contributed by atoms with E-state index >= 15 is 0 Å². The minimum Gasteiger partial charge on any atom is -0.352 e. The molecule has 1 N–H and O–H groups in total. The van der Waals surface area contributed by atoms with Crippen molar-refractivity contribution in [2.75, 3.05) is 10.8 Å². The quantitative estimate of drug-likeness (QED) is 0.314. The number of amides is 2. The number of halogens is 1. The lowest BCUT2D eigenvalue weighted by molar-refractivity contribution is -0.140. The van der Waals surface area contributed by atoms with Crippen LogP contribution in [0.15, 0.2) is 83.8 Å². The maximum absolute atomic E-state index is 14.1. The normalized spacial score (nSPS) is 14.5. The smallest absolute Gasteiger partial charge is 0.264 e. The second kappa shape index (κ2) is 13.3. The van der Waals surface area contributed by atoms with E-state index < -0.39 is 28.5 Å². The van der Waals surface area contributed by atoms with Crippen LogP contribution in [-0.2, 0) is 26.2 Å². The van der Waals surface area contributed by atoms with Gasteiger partial charge in [0.2, 0.25) is 11.8 Å². The number of aryl methyl sites for hydroxylation is 1. The standard InChI is InChI=1S/C31H36ClN3O4S/c1-3-29(31(37)33-26-9-7-8-10-26)34(21-24-15-17-25(32)18-16-24)30(36)22-35(27-11-5-4-6-12-27)40(38,39)28-19-13-23(2)14-20-28/h4-6,11-20,26,29H,3,7-10,21-22H2,1-2H3,(H,33,37)/t29-/m1/s1. The Morgan fingerprint density at radius 1 is 0.950 bits per heavy atom. The van der Waals surface area contributed by atoms with E-state index in [-0.39, 0.29) is 23.4 Å². The highest BCUT2D eigenvalue weighted by atomic mass is 35.5. The lowest BCUT2D eigenvalue weighted by Gasteiger charge is -2.33. The molecule has 0 spiro atoms. The molecule has 1 aliphatic rings. The molecule has 1 aliphatic carbocycles. The summed E-state index contributed by atoms with van der Waals surface area (Å²) in [5.41, 5.74) is 2.08. The van der Waals surface area contributed by atoms with Crippen LogP contribution in [0.5, 0.6) is 0 Å². The minimum absolute atomic E-state index is 0.0880. The van der Waals surface area contributed by atoms with Crippen molar-refractivity contribution < 1.29 is 18.0 Å². The van der Waals surface area contributed by atoms with Crippen LogP contribution < -0.4 is 9.62 Å². The van der Waals surface area contributed by atoms with Gasteiger partial charge in [0.1, 0.15) is 12.6 Å². The molecule has 40 heavy (non-hydrogen) atoms. The highest BCUT2D eigenvalue weighted by molar-refractivity contribution is 7.92. The van der Waals surface area contributed by atoms with Gasteiger partial charge in [0.15, 0.2) is 0 Å². The molecule has 0 saturated heterocycles. The predicted octanol–water partition coefficient (Wildman–Crippen LogP) is 5.71. The first-order valence-corrected chi connectivity index (χ1v) is 15.5. The van der Waals surface area contributed by atoms with E-state index in [1.165, 1.54) is 4.90 Å². The van der Waals surface area contributed by atoms with Crippen molar-refractivity contribution >= 4 is 39.1 Å². The van der Waals surface area contributed by atoms with E-state index in [1.807, 2.05) is 26.0 Å². The third-order valence-corrected chi connectivity index (χ3v) is 9.33. The first-order valence-electron chi connectivity index (χ1n) is 13.7. The van der Waals surface area contributed by atoms with Crippen LogP contribution in [0, 0.1) is 6.92 Å². The first-order chi connectivity index (χ1) is 19.2. The van der Waals surface area contributed by atoms with Crippen LogP contribution >= 0.6 is 11.6 Å². The summed E-state index contributed by atoms with van der Waals surface area (Å²) >= 11 is 6.08. The zero-order valence-electron chi connectivity index (χ0n) is 22.9. The number of rotatable bonds is 11. The number of nitrogens with one attached hydrogen (secondary N) is 1. The summed E-state index contributed by atoms with van der Waals surface area (Å²) in [4.78, 5) is 29.1. The van der Waals surface area contributed by atoms with Gasteiger partial charge in [-0.2, -0.15) is 0 Å². The zero-order valence-corrected chi connectivity index (χ0v) is 24.5. The summed E-state index contributed by atoms with van der Waals surface area (Å²) < 4.78 is 28.8. The summed E-state index contributed by atoms with van der Waals surface area (Å²) in [7, 11) is -4.08. The van der Waals surface area contributed by atoms with Gasteiger partial charge >= 0.3 is 0 Å². The Hall–Kier alpha value is -3.36. The minimum atomic E-state index is -4.08. The molecule has 0 heterocycles. The molecule has 1 fully saturated rings. The van der Waals surface area contributed by atoms with Gasteiger partial charge in [-0.25, -0.2) is 8.42 Å². The number of hydrogen-bond donors (Lipinski definition) is 1. The Morgan fingerprint density at radius 2 is 1.57 bits per heavy atom. The largest absolute Gasteiger partial charge is 0.352 e. The molecule has 7 nitrogen and oxygen atoms in total. The van der Waals surface area contributed by atoms with E-state index in [4.69, 9.17) is 11.6 Å². The van der Waals surface area contributed by atoms with Crippen molar-refractivity contribution in [1.82, 2.24) is 10.2 Å². The molecule has 212 valence electrons. The summed E-state index contributed by atoms with van der Waals surface area (Å²) in [6.45, 7) is 3.42. The summed E-state index contributed by atoms with van der Waals surface area (Å²) in [5.74, 6) is -0.688. The number of sulfonamides is 1. The molecule has 1 saturated carbocycles. The second-order valence-corrected chi connectivity index (χ2v) is 12.5. The Morgan fingerprint density at radius 3 is 2.17 bits per heavy atom. The van der Waals surface area contributed by atoms with E-state index in [1.54, 1.807) is 66.7 Å². The number of nitrogens with zero attached hydrogens (tertiary/aromatic N) is 2. The molecule has 0 aromatic heterocycles. The van der Waals surface area contributed by atoms with E-state index in [2.05, 4.69) is 5.32 Å². The van der Waals surface area contributed by atoms with Crippen LogP contribution in [0.25, 0.3) is 0 Å². The fraction of sp³-hybridized carbons (Fsp3) is 0.355. The molecule has 3 aromatic carbocycles. The molecule has 1 atom stereocenters. The molecular weight excluding hydrogens is 546 g/mol. The Balaban J connectivity index is 1.68. The lowest BCUT2D eigenvalue weighted by atomic mass is 10.1. The van der Waals surface area contributed by atoms with Gasteiger partial charge in [-0.3, -0.25) is 13.9 Å². The van der Waals surface area contributed by atoms with Gasteiger partial charge < -0.3 is 10.2 Å². The number of benzene rings is 3. The van der Waals surface area contributed by atoms with Gasteiger partial charge in [-0.15, -0.1) is 0 Å². The topological polar surface area (TPSA) is 86.8 Å². The molecule has 9 heteroatoms. The van der Waals surface area contributed by atoms with E-state index in [0.29, 0.717) is 17.1 Å². The number of carbonyl (C=O) groups is 2. The van der Waals surface area contributed by atoms with Crippen molar-refractivity contribution in [2.45, 2.75) is 69.5 Å². The van der Waals surface area contributed by atoms with Crippen LogP contribution in [0.3, 0.4) is 0 Å². The fourth-order valence-corrected chi connectivity index (χ4v) is 6.57. The van der Waals surface area contributed by atoms with Gasteiger partial charge in [0, 0.05) is 17.6 Å². The molecule has 2 amide bonds. The SMILES string of the molecule is CC[C@H](C(=O)NC1CCCC1)N(Cc1ccc(Cl)cc1)C(=O)CN(c1ccccc1)S(=O)(=O)c1ccc(C)cc1. The summed E-state index contributed by atoms with van der Waals surface area (Å²) in [6, 6.07) is 21.5. The highest BCUT2D eigenvalue weighted by Crippen LogP contribution is 2.25. The average molecular weight is 582 g/mol. The predicted molar refractivity (Wildman–Crippen MR) is 159 cm³/mol. The van der Waals surface area contributed by atoms with Gasteiger partial charge in [-0.05, 0) is 68.1 Å². The number of para-hydroxylation sites is 1. The molecule has 0 unspecified atom stereocenters. The van der Waals surface area contributed by atoms with Crippen molar-refractivity contribution in [3.63, 3.8) is 0 Å². The Kier molecular flexibility index (Phi) is 9.87. The van der Waals surface area contributed by atoms with E-state index in [0.717, 1.165) is 41.1 Å². The van der Waals surface area contributed by atoms with Crippen molar-refractivity contribution in [1.29, 1.82) is 0 Å². The van der Waals surface area contributed by atoms with Gasteiger partial charge in [0.25, 0.3) is 10.0 Å². The van der Waals surface area contributed by atoms with Gasteiger partial charge in [-0.1, -0.05) is 79.4 Å². The van der Waals surface area contributed by atoms with Crippen molar-refractivity contribution in [3.8, 4) is 0 Å². The number of anilines is 1. The third-order valence-electron chi connectivity index (χ3n) is 7.29. The number of hydrogen-bond acceptors (Lipinski definition) is 4. The van der Waals surface area contributed by atoms with Crippen LogP contribution in [0.4, 0.5) is 5.69 Å². The molecule has 4 rings (SSSR count). The highest BCUT2D eigenvalue weighted by Gasteiger charge is 2.34. The fourth-order valence-electron chi connectivity index (χ4n) is 5.03. The van der Waals surface area contributed by atoms with E-state index in [9.17, 15) is 18.0 Å². The third kappa shape index (κ3) is 7.23. The van der Waals surface area contributed by atoms with Crippen LogP contribution in [0.2, 0.25) is 5.02 Å². The Labute approximate surface area is 242 Å². The lowest BCUT2D eigenvalue weighted by Crippen LogP contribution is -2.53. The second-order valence-electron chi connectivity index (χ2n) is 10.2. The molecule has 0 aliphatic heterocycles. The average Bonchev–Trinajstić information content (AvgIpc) is 3.46. The maximum Gasteiger partial charge on any atom is 0.264 e. The summed E-state index contributed by atoms with van der Waals surface area (Å²) in [6.07, 6.45) is 4.36. The first kappa shape index (κ1) is 29.6. The molecule has 3 aromatic rings. The van der Waals surface area contributed by atoms with Crippen molar-refractivity contribution in [2.24, 2.45) is 0 Å². The number of carbonyl (C=O) groups excluding carboxylic acids is 2. The summed E-state index contributed by atoms with van der Waals surface area (Å²) in [5, 5.41) is 3.68. The van der Waals surface area contributed by atoms with Crippen molar-refractivity contribution in [3.05, 3.63) is 95.0 Å². The molecule has 0 bridgehead atoms. The maximum atomic E-state index is 14.1. The molecular formula is C31H36ClN3O4S. The zero-order chi connectivity index (χ0) is 28.7. The monoisotopic (exact) mass is 581 g/mol. The van der Waals surface area contributed by atoms with Gasteiger partial charge in [0.05, 0.1) is 10.6 Å². The molecule has 0 radical (unpaired) electrons.